The lowest BCUT2D eigenvalue weighted by Crippen LogP contribution is -2.55. The molecule has 0 amide bonds. The maximum absolute atomic E-state index is 15.0. The van der Waals surface area contributed by atoms with Crippen molar-refractivity contribution in [2.45, 2.75) is 41.4 Å². The number of rotatable bonds is 2. The number of hydrogen-bond acceptors (Lipinski definition) is 4. The Bertz CT molecular complexity index is 1040. The Morgan fingerprint density at radius 2 is 1.75 bits per heavy atom. The summed E-state index contributed by atoms with van der Waals surface area (Å²) in [7, 11) is -4.16. The lowest BCUT2D eigenvalue weighted by molar-refractivity contribution is -0.0327. The zero-order chi connectivity index (χ0) is 20.3. The van der Waals surface area contributed by atoms with Gasteiger partial charge in [-0.25, -0.2) is 17.2 Å². The molecule has 150 valence electrons. The molecule has 0 radical (unpaired) electrons. The van der Waals surface area contributed by atoms with Crippen molar-refractivity contribution in [1.82, 2.24) is 0 Å². The van der Waals surface area contributed by atoms with Gasteiger partial charge in [0, 0.05) is 10.9 Å². The minimum atomic E-state index is -4.16. The molecule has 2 aromatic rings. The highest BCUT2D eigenvalue weighted by atomic mass is 35.5. The minimum absolute atomic E-state index is 0.0278. The summed E-state index contributed by atoms with van der Waals surface area (Å²) in [6, 6.07) is 7.47. The molecule has 0 bridgehead atoms. The van der Waals surface area contributed by atoms with Crippen LogP contribution in [0.5, 0.6) is 5.75 Å². The summed E-state index contributed by atoms with van der Waals surface area (Å²) in [4.78, 5) is -0.0278. The van der Waals surface area contributed by atoms with Gasteiger partial charge in [0.2, 0.25) is 0 Å². The monoisotopic (exact) mass is 428 g/mol. The summed E-state index contributed by atoms with van der Waals surface area (Å²) in [5.74, 6) is -2.74. The molecule has 0 aromatic heterocycles. The highest BCUT2D eigenvalue weighted by molar-refractivity contribution is 7.92. The van der Waals surface area contributed by atoms with Gasteiger partial charge in [0.05, 0.1) is 22.7 Å². The average Bonchev–Trinajstić information content (AvgIpc) is 2.63. The molecule has 2 aliphatic rings. The van der Waals surface area contributed by atoms with Gasteiger partial charge in [0.1, 0.15) is 10.6 Å². The highest BCUT2D eigenvalue weighted by Gasteiger charge is 2.61. The first-order valence-electron chi connectivity index (χ1n) is 8.92. The van der Waals surface area contributed by atoms with E-state index in [1.54, 1.807) is 6.92 Å². The van der Waals surface area contributed by atoms with Gasteiger partial charge >= 0.3 is 0 Å². The van der Waals surface area contributed by atoms with E-state index in [1.807, 2.05) is 0 Å². The molecule has 0 spiro atoms. The molecule has 1 fully saturated rings. The highest BCUT2D eigenvalue weighted by Crippen LogP contribution is 2.58. The molecular weight excluding hydrogens is 410 g/mol. The lowest BCUT2D eigenvalue weighted by atomic mass is 9.68. The average molecular weight is 429 g/mol. The van der Waals surface area contributed by atoms with Crippen LogP contribution in [-0.2, 0) is 14.6 Å². The Hall–Kier alpha value is -1.70. The van der Waals surface area contributed by atoms with Crippen LogP contribution in [0.2, 0.25) is 5.02 Å². The molecule has 4 rings (SSSR count). The predicted molar refractivity (Wildman–Crippen MR) is 100 cm³/mol. The number of hydrogen-bond donors (Lipinski definition) is 1. The third kappa shape index (κ3) is 2.75. The van der Waals surface area contributed by atoms with Crippen LogP contribution < -0.4 is 4.74 Å². The van der Waals surface area contributed by atoms with Gasteiger partial charge in [-0.05, 0) is 62.6 Å². The SMILES string of the molecule is C[C@]1(O)CC[C@@]2(S(=O)(=O)c3ccc(Cl)cc3)c3c(F)ccc(F)c3OC[C@H]2C1. The van der Waals surface area contributed by atoms with E-state index in [-0.39, 0.29) is 42.1 Å². The van der Waals surface area contributed by atoms with Crippen LogP contribution >= 0.6 is 11.6 Å². The van der Waals surface area contributed by atoms with Gasteiger partial charge in [-0.2, -0.15) is 0 Å². The van der Waals surface area contributed by atoms with Crippen molar-refractivity contribution in [3.05, 3.63) is 58.6 Å². The standard InChI is InChI=1S/C20H19ClF2O4S/c1-19(24)8-9-20(28(25,26)14-4-2-13(21)3-5-14)12(10-19)11-27-18-16(23)7-6-15(22)17(18)20/h2-7,12,24H,8-11H2,1H3/t12-,19+,20+/m1/s1. The molecule has 4 nitrogen and oxygen atoms in total. The second-order valence-corrected chi connectivity index (χ2v) is 10.4. The zero-order valence-corrected chi connectivity index (χ0v) is 16.7. The molecule has 1 heterocycles. The Kier molecular flexibility index (Phi) is 4.48. The largest absolute Gasteiger partial charge is 0.490 e. The van der Waals surface area contributed by atoms with E-state index in [9.17, 15) is 22.3 Å². The van der Waals surface area contributed by atoms with Crippen molar-refractivity contribution >= 4 is 21.4 Å². The van der Waals surface area contributed by atoms with E-state index in [4.69, 9.17) is 16.3 Å². The fourth-order valence-electron chi connectivity index (χ4n) is 4.54. The third-order valence-electron chi connectivity index (χ3n) is 5.89. The van der Waals surface area contributed by atoms with Crippen LogP contribution in [0.3, 0.4) is 0 Å². The van der Waals surface area contributed by atoms with Crippen LogP contribution in [0.4, 0.5) is 8.78 Å². The molecule has 1 aliphatic heterocycles. The molecular formula is C20H19ClF2O4S. The summed E-state index contributed by atoms with van der Waals surface area (Å²) in [5, 5.41) is 10.9. The van der Waals surface area contributed by atoms with E-state index in [1.165, 1.54) is 24.3 Å². The Labute approximate surface area is 167 Å². The van der Waals surface area contributed by atoms with Gasteiger partial charge < -0.3 is 9.84 Å². The fourth-order valence-corrected chi connectivity index (χ4v) is 7.01. The summed E-state index contributed by atoms with van der Waals surface area (Å²) in [6.07, 6.45) is 0.174. The first kappa shape index (κ1) is 19.6. The van der Waals surface area contributed by atoms with Crippen molar-refractivity contribution < 1.29 is 27.0 Å². The fraction of sp³-hybridized carbons (Fsp3) is 0.400. The van der Waals surface area contributed by atoms with Gasteiger partial charge in [0.15, 0.2) is 21.4 Å². The zero-order valence-electron chi connectivity index (χ0n) is 15.1. The van der Waals surface area contributed by atoms with Gasteiger partial charge in [-0.3, -0.25) is 0 Å². The topological polar surface area (TPSA) is 63.6 Å². The lowest BCUT2D eigenvalue weighted by Gasteiger charge is -2.50. The number of sulfone groups is 1. The first-order valence-corrected chi connectivity index (χ1v) is 10.8. The molecule has 1 saturated carbocycles. The number of fused-ring (bicyclic) bond motifs is 3. The van der Waals surface area contributed by atoms with Crippen LogP contribution in [0.1, 0.15) is 31.7 Å². The number of aliphatic hydroxyl groups is 1. The molecule has 0 unspecified atom stereocenters. The first-order chi connectivity index (χ1) is 13.1. The Morgan fingerprint density at radius 3 is 2.43 bits per heavy atom. The summed E-state index contributed by atoms with van der Waals surface area (Å²) in [6.45, 7) is 1.49. The van der Waals surface area contributed by atoms with Gasteiger partial charge in [0.25, 0.3) is 0 Å². The van der Waals surface area contributed by atoms with E-state index in [0.717, 1.165) is 12.1 Å². The van der Waals surface area contributed by atoms with E-state index in [0.29, 0.717) is 5.02 Å². The second kappa shape index (κ2) is 6.40. The molecule has 2 aromatic carbocycles. The van der Waals surface area contributed by atoms with Crippen molar-refractivity contribution in [3.8, 4) is 5.75 Å². The normalized spacial score (nSPS) is 29.5. The Morgan fingerprint density at radius 1 is 1.11 bits per heavy atom. The maximum atomic E-state index is 15.0. The summed E-state index contributed by atoms with van der Waals surface area (Å²) < 4.78 is 60.8. The predicted octanol–water partition coefficient (Wildman–Crippen LogP) is 4.23. The second-order valence-electron chi connectivity index (χ2n) is 7.79. The van der Waals surface area contributed by atoms with E-state index >= 15 is 0 Å². The molecule has 1 N–H and O–H groups in total. The quantitative estimate of drug-likeness (QED) is 0.777. The van der Waals surface area contributed by atoms with E-state index in [2.05, 4.69) is 0 Å². The van der Waals surface area contributed by atoms with Crippen LogP contribution in [-0.4, -0.2) is 25.7 Å². The summed E-state index contributed by atoms with van der Waals surface area (Å²) >= 11 is 5.89. The molecule has 3 atom stereocenters. The smallest absolute Gasteiger partial charge is 0.188 e. The molecule has 1 aliphatic carbocycles. The molecule has 28 heavy (non-hydrogen) atoms. The third-order valence-corrected chi connectivity index (χ3v) is 8.74. The maximum Gasteiger partial charge on any atom is 0.188 e. The van der Waals surface area contributed by atoms with Crippen molar-refractivity contribution in [2.75, 3.05) is 6.61 Å². The number of benzene rings is 2. The van der Waals surface area contributed by atoms with Crippen molar-refractivity contribution in [1.29, 1.82) is 0 Å². The number of ether oxygens (including phenoxy) is 1. The molecule has 0 saturated heterocycles. The molecule has 8 heteroatoms. The van der Waals surface area contributed by atoms with Gasteiger partial charge in [-0.1, -0.05) is 11.6 Å². The van der Waals surface area contributed by atoms with Crippen LogP contribution in [0.15, 0.2) is 41.3 Å². The number of halogens is 3. The van der Waals surface area contributed by atoms with Crippen LogP contribution in [0, 0.1) is 17.6 Å². The van der Waals surface area contributed by atoms with E-state index < -0.39 is 37.7 Å². The minimum Gasteiger partial charge on any atom is -0.490 e. The van der Waals surface area contributed by atoms with Gasteiger partial charge in [-0.15, -0.1) is 0 Å². The van der Waals surface area contributed by atoms with Crippen molar-refractivity contribution in [3.63, 3.8) is 0 Å². The Balaban J connectivity index is 2.02. The van der Waals surface area contributed by atoms with Crippen molar-refractivity contribution in [2.24, 2.45) is 5.92 Å². The summed E-state index contributed by atoms with van der Waals surface area (Å²) in [5.41, 5.74) is -1.40. The van der Waals surface area contributed by atoms with Crippen LogP contribution in [0.25, 0.3) is 0 Å².